The Morgan fingerprint density at radius 1 is 1.42 bits per heavy atom. The molecule has 1 unspecified atom stereocenters. The Labute approximate surface area is 117 Å². The third kappa shape index (κ3) is 3.81. The lowest BCUT2D eigenvalue weighted by molar-refractivity contribution is -0.134. The van der Waals surface area contributed by atoms with Crippen LogP contribution in [-0.4, -0.2) is 48.6 Å². The van der Waals surface area contributed by atoms with Gasteiger partial charge in [0, 0.05) is 23.5 Å². The summed E-state index contributed by atoms with van der Waals surface area (Å²) in [5.41, 5.74) is 0.635. The lowest BCUT2D eigenvalue weighted by Crippen LogP contribution is -2.44. The first-order valence-corrected chi connectivity index (χ1v) is 7.17. The van der Waals surface area contributed by atoms with Crippen LogP contribution in [0.15, 0.2) is 29.2 Å². The first-order chi connectivity index (χ1) is 9.20. The molecule has 19 heavy (non-hydrogen) atoms. The molecule has 0 aliphatic carbocycles. The molecule has 1 aliphatic heterocycles. The van der Waals surface area contributed by atoms with Gasteiger partial charge in [0.05, 0.1) is 18.5 Å². The topological polar surface area (TPSA) is 46.6 Å². The van der Waals surface area contributed by atoms with Crippen molar-refractivity contribution >= 4 is 24.0 Å². The molecular weight excluding hydrogens is 262 g/mol. The van der Waals surface area contributed by atoms with Crippen LogP contribution in [0.5, 0.6) is 0 Å². The van der Waals surface area contributed by atoms with Crippen molar-refractivity contribution in [1.82, 2.24) is 4.90 Å². The van der Waals surface area contributed by atoms with Crippen LogP contribution >= 0.6 is 11.8 Å². The van der Waals surface area contributed by atoms with E-state index in [1.807, 2.05) is 24.0 Å². The molecule has 102 valence electrons. The Hall–Kier alpha value is -1.33. The maximum absolute atomic E-state index is 12.2. The Kier molecular flexibility index (Phi) is 4.99. The molecule has 2 rings (SSSR count). The van der Waals surface area contributed by atoms with E-state index in [4.69, 9.17) is 4.74 Å². The summed E-state index contributed by atoms with van der Waals surface area (Å²) in [5.74, 6) is 0.129. The first-order valence-electron chi connectivity index (χ1n) is 6.29. The molecule has 1 saturated heterocycles. The van der Waals surface area contributed by atoms with E-state index in [1.54, 1.807) is 12.1 Å². The molecule has 0 saturated carbocycles. The van der Waals surface area contributed by atoms with Crippen molar-refractivity contribution in [3.05, 3.63) is 29.8 Å². The van der Waals surface area contributed by atoms with Gasteiger partial charge in [0.15, 0.2) is 0 Å². The minimum atomic E-state index is -0.153. The molecule has 4 nitrogen and oxygen atoms in total. The van der Waals surface area contributed by atoms with Gasteiger partial charge in [-0.3, -0.25) is 9.59 Å². The van der Waals surface area contributed by atoms with Gasteiger partial charge in [0.25, 0.3) is 0 Å². The predicted octanol–water partition coefficient (Wildman–Crippen LogP) is 1.84. The first kappa shape index (κ1) is 14.1. The highest BCUT2D eigenvalue weighted by atomic mass is 32.2. The number of hydrogen-bond donors (Lipinski definition) is 0. The SMILES string of the molecule is CC(Sc1cccc(C=O)c1)C(=O)N1CCOCC1. The van der Waals surface area contributed by atoms with E-state index in [2.05, 4.69) is 0 Å². The highest BCUT2D eigenvalue weighted by Crippen LogP contribution is 2.25. The van der Waals surface area contributed by atoms with E-state index < -0.39 is 0 Å². The number of nitrogens with zero attached hydrogens (tertiary/aromatic N) is 1. The predicted molar refractivity (Wildman–Crippen MR) is 74.5 cm³/mol. The Morgan fingerprint density at radius 3 is 2.84 bits per heavy atom. The number of hydrogen-bond acceptors (Lipinski definition) is 4. The van der Waals surface area contributed by atoms with E-state index in [0.29, 0.717) is 31.9 Å². The molecule has 0 spiro atoms. The Balaban J connectivity index is 1.97. The number of rotatable bonds is 4. The van der Waals surface area contributed by atoms with Gasteiger partial charge in [-0.2, -0.15) is 0 Å². The standard InChI is InChI=1S/C14H17NO3S/c1-11(14(17)15-5-7-18-8-6-15)19-13-4-2-3-12(9-13)10-16/h2-4,9-11H,5-8H2,1H3. The minimum absolute atomic E-state index is 0.129. The molecule has 5 heteroatoms. The molecule has 1 fully saturated rings. The molecule has 1 aliphatic rings. The van der Waals surface area contributed by atoms with Gasteiger partial charge >= 0.3 is 0 Å². The normalized spacial score (nSPS) is 17.0. The monoisotopic (exact) mass is 279 g/mol. The fraction of sp³-hybridized carbons (Fsp3) is 0.429. The van der Waals surface area contributed by atoms with Gasteiger partial charge in [-0.25, -0.2) is 0 Å². The van der Waals surface area contributed by atoms with Crippen molar-refractivity contribution < 1.29 is 14.3 Å². The molecule has 1 amide bonds. The maximum Gasteiger partial charge on any atom is 0.235 e. The van der Waals surface area contributed by atoms with Crippen LogP contribution in [0, 0.1) is 0 Å². The fourth-order valence-corrected chi connectivity index (χ4v) is 2.98. The highest BCUT2D eigenvalue weighted by molar-refractivity contribution is 8.00. The summed E-state index contributed by atoms with van der Waals surface area (Å²) in [7, 11) is 0. The second-order valence-corrected chi connectivity index (χ2v) is 5.80. The van der Waals surface area contributed by atoms with Crippen LogP contribution in [0.1, 0.15) is 17.3 Å². The van der Waals surface area contributed by atoms with Crippen molar-refractivity contribution in [2.75, 3.05) is 26.3 Å². The van der Waals surface area contributed by atoms with Crippen LogP contribution in [0.25, 0.3) is 0 Å². The lowest BCUT2D eigenvalue weighted by atomic mass is 10.2. The molecule has 1 heterocycles. The quantitative estimate of drug-likeness (QED) is 0.623. The van der Waals surface area contributed by atoms with Crippen LogP contribution in [-0.2, 0) is 9.53 Å². The number of benzene rings is 1. The van der Waals surface area contributed by atoms with Crippen molar-refractivity contribution in [1.29, 1.82) is 0 Å². The van der Waals surface area contributed by atoms with Crippen molar-refractivity contribution in [3.63, 3.8) is 0 Å². The van der Waals surface area contributed by atoms with Gasteiger partial charge in [-0.15, -0.1) is 11.8 Å². The van der Waals surface area contributed by atoms with E-state index in [-0.39, 0.29) is 11.2 Å². The van der Waals surface area contributed by atoms with E-state index >= 15 is 0 Å². The summed E-state index contributed by atoms with van der Waals surface area (Å²) in [5, 5.41) is -0.153. The maximum atomic E-state index is 12.2. The van der Waals surface area contributed by atoms with Gasteiger partial charge in [0.1, 0.15) is 6.29 Å². The second-order valence-electron chi connectivity index (χ2n) is 4.39. The zero-order valence-electron chi connectivity index (χ0n) is 10.9. The molecular formula is C14H17NO3S. The third-order valence-corrected chi connectivity index (χ3v) is 4.06. The largest absolute Gasteiger partial charge is 0.378 e. The molecule has 0 N–H and O–H groups in total. The number of carbonyl (C=O) groups is 2. The minimum Gasteiger partial charge on any atom is -0.378 e. The number of thioether (sulfide) groups is 1. The zero-order valence-corrected chi connectivity index (χ0v) is 11.7. The molecule has 1 aromatic carbocycles. The van der Waals surface area contributed by atoms with Crippen LogP contribution in [0.4, 0.5) is 0 Å². The number of morpholine rings is 1. The van der Waals surface area contributed by atoms with Crippen molar-refractivity contribution in [2.45, 2.75) is 17.1 Å². The average molecular weight is 279 g/mol. The summed E-state index contributed by atoms with van der Waals surface area (Å²) >= 11 is 1.48. The summed E-state index contributed by atoms with van der Waals surface area (Å²) in [6.07, 6.45) is 0.818. The zero-order chi connectivity index (χ0) is 13.7. The van der Waals surface area contributed by atoms with Crippen molar-refractivity contribution in [2.24, 2.45) is 0 Å². The lowest BCUT2D eigenvalue weighted by Gasteiger charge is -2.29. The van der Waals surface area contributed by atoms with Crippen LogP contribution < -0.4 is 0 Å². The van der Waals surface area contributed by atoms with Crippen molar-refractivity contribution in [3.8, 4) is 0 Å². The van der Waals surface area contributed by atoms with Gasteiger partial charge < -0.3 is 9.64 Å². The Bertz CT molecular complexity index is 458. The third-order valence-electron chi connectivity index (χ3n) is 2.98. The molecule has 0 radical (unpaired) electrons. The highest BCUT2D eigenvalue weighted by Gasteiger charge is 2.23. The number of amides is 1. The number of ether oxygens (including phenoxy) is 1. The smallest absolute Gasteiger partial charge is 0.235 e. The summed E-state index contributed by atoms with van der Waals surface area (Å²) in [4.78, 5) is 25.7. The fourth-order valence-electron chi connectivity index (χ4n) is 1.96. The van der Waals surface area contributed by atoms with Gasteiger partial charge in [-0.05, 0) is 19.1 Å². The van der Waals surface area contributed by atoms with E-state index in [0.717, 1.165) is 11.2 Å². The molecule has 0 aromatic heterocycles. The Morgan fingerprint density at radius 2 is 2.16 bits per heavy atom. The van der Waals surface area contributed by atoms with Crippen LogP contribution in [0.2, 0.25) is 0 Å². The molecule has 0 bridgehead atoms. The summed E-state index contributed by atoms with van der Waals surface area (Å²) < 4.78 is 5.24. The number of carbonyl (C=O) groups excluding carboxylic acids is 2. The van der Waals surface area contributed by atoms with Gasteiger partial charge in [0.2, 0.25) is 5.91 Å². The number of aldehydes is 1. The average Bonchev–Trinajstić information content (AvgIpc) is 2.47. The van der Waals surface area contributed by atoms with E-state index in [9.17, 15) is 9.59 Å². The summed E-state index contributed by atoms with van der Waals surface area (Å²) in [6, 6.07) is 7.31. The van der Waals surface area contributed by atoms with E-state index in [1.165, 1.54) is 11.8 Å². The second kappa shape index (κ2) is 6.73. The van der Waals surface area contributed by atoms with Crippen LogP contribution in [0.3, 0.4) is 0 Å². The van der Waals surface area contributed by atoms with Gasteiger partial charge in [-0.1, -0.05) is 12.1 Å². The molecule has 1 aromatic rings. The summed E-state index contributed by atoms with van der Waals surface area (Å²) in [6.45, 7) is 4.46. The molecule has 1 atom stereocenters.